The number of amides is 1. The quantitative estimate of drug-likeness (QED) is 0.838. The molecule has 0 radical (unpaired) electrons. The van der Waals surface area contributed by atoms with E-state index in [4.69, 9.17) is 4.74 Å². The zero-order valence-electron chi connectivity index (χ0n) is 12.7. The van der Waals surface area contributed by atoms with Gasteiger partial charge in [0.15, 0.2) is 0 Å². The van der Waals surface area contributed by atoms with Crippen LogP contribution in [0.4, 0.5) is 4.39 Å². The third-order valence-electron chi connectivity index (χ3n) is 3.68. The monoisotopic (exact) mass is 331 g/mol. The van der Waals surface area contributed by atoms with E-state index in [-0.39, 0.29) is 23.7 Å². The molecule has 0 saturated carbocycles. The molecule has 120 valence electrons. The minimum Gasteiger partial charge on any atom is -0.367 e. The highest BCUT2D eigenvalue weighted by Crippen LogP contribution is 2.37. The largest absolute Gasteiger partial charge is 0.367 e. The van der Waals surface area contributed by atoms with Crippen LogP contribution in [0.15, 0.2) is 54.6 Å². The Bertz CT molecular complexity index is 665. The lowest BCUT2D eigenvalue weighted by Gasteiger charge is -2.24. The third kappa shape index (κ3) is 4.12. The number of thioether (sulfide) groups is 1. The van der Waals surface area contributed by atoms with Gasteiger partial charge in [0.05, 0.1) is 6.61 Å². The van der Waals surface area contributed by atoms with Gasteiger partial charge in [0.25, 0.3) is 0 Å². The van der Waals surface area contributed by atoms with Gasteiger partial charge in [-0.25, -0.2) is 4.39 Å². The number of benzene rings is 2. The molecule has 0 aliphatic carbocycles. The van der Waals surface area contributed by atoms with Gasteiger partial charge >= 0.3 is 0 Å². The van der Waals surface area contributed by atoms with Crippen molar-refractivity contribution < 1.29 is 13.9 Å². The number of halogens is 1. The topological polar surface area (TPSA) is 29.5 Å². The van der Waals surface area contributed by atoms with Crippen molar-refractivity contribution in [2.75, 3.05) is 18.9 Å². The summed E-state index contributed by atoms with van der Waals surface area (Å²) in [6.07, 6.45) is 0. The zero-order valence-corrected chi connectivity index (χ0v) is 13.5. The Morgan fingerprint density at radius 3 is 2.83 bits per heavy atom. The molecule has 1 atom stereocenters. The van der Waals surface area contributed by atoms with Crippen molar-refractivity contribution in [1.29, 1.82) is 0 Å². The maximum atomic E-state index is 13.4. The lowest BCUT2D eigenvalue weighted by atomic mass is 10.2. The molecule has 0 N–H and O–H groups in total. The first-order valence-corrected chi connectivity index (χ1v) is 8.57. The summed E-state index contributed by atoms with van der Waals surface area (Å²) in [5, 5.41) is -0.126. The first kappa shape index (κ1) is 16.0. The minimum absolute atomic E-state index is 0.0429. The average Bonchev–Trinajstić information content (AvgIpc) is 3.05. The average molecular weight is 331 g/mol. The number of carbonyl (C=O) groups is 1. The van der Waals surface area contributed by atoms with Crippen molar-refractivity contribution >= 4 is 17.7 Å². The van der Waals surface area contributed by atoms with E-state index in [1.54, 1.807) is 22.7 Å². The van der Waals surface area contributed by atoms with Crippen LogP contribution in [-0.4, -0.2) is 29.7 Å². The first-order chi connectivity index (χ1) is 11.2. The van der Waals surface area contributed by atoms with Gasteiger partial charge in [0, 0.05) is 12.3 Å². The molecule has 1 amide bonds. The van der Waals surface area contributed by atoms with E-state index in [0.717, 1.165) is 16.9 Å². The molecular weight excluding hydrogens is 313 g/mol. The Labute approximate surface area is 139 Å². The molecule has 0 bridgehead atoms. The number of ether oxygens (including phenoxy) is 1. The standard InChI is InChI=1S/C18H18FNO2S/c19-16-8-4-7-15(11-16)18-20(9-10-23-18)17(21)13-22-12-14-5-2-1-3-6-14/h1-8,11,18H,9-10,12-13H2/t18-/m1/s1. The van der Waals surface area contributed by atoms with E-state index in [1.165, 1.54) is 12.1 Å². The van der Waals surface area contributed by atoms with Crippen LogP contribution in [0.1, 0.15) is 16.5 Å². The van der Waals surface area contributed by atoms with Crippen molar-refractivity contribution in [2.24, 2.45) is 0 Å². The molecule has 1 saturated heterocycles. The zero-order chi connectivity index (χ0) is 16.1. The molecule has 23 heavy (non-hydrogen) atoms. The van der Waals surface area contributed by atoms with Crippen molar-refractivity contribution in [3.05, 3.63) is 71.5 Å². The number of hydrogen-bond acceptors (Lipinski definition) is 3. The minimum atomic E-state index is -0.275. The van der Waals surface area contributed by atoms with Crippen LogP contribution in [0, 0.1) is 5.82 Å². The Hall–Kier alpha value is -1.85. The Kier molecular flexibility index (Phi) is 5.31. The number of carbonyl (C=O) groups excluding carboxylic acids is 1. The van der Waals surface area contributed by atoms with E-state index >= 15 is 0 Å². The molecule has 0 unspecified atom stereocenters. The van der Waals surface area contributed by atoms with Gasteiger partial charge in [0.1, 0.15) is 17.8 Å². The molecule has 1 heterocycles. The van der Waals surface area contributed by atoms with Crippen LogP contribution < -0.4 is 0 Å². The summed E-state index contributed by atoms with van der Waals surface area (Å²) in [4.78, 5) is 14.2. The van der Waals surface area contributed by atoms with E-state index in [9.17, 15) is 9.18 Å². The fourth-order valence-electron chi connectivity index (χ4n) is 2.58. The predicted octanol–water partition coefficient (Wildman–Crippen LogP) is 3.62. The molecule has 3 rings (SSSR count). The summed E-state index contributed by atoms with van der Waals surface area (Å²) in [5.74, 6) is 0.522. The summed E-state index contributed by atoms with van der Waals surface area (Å²) in [6.45, 7) is 1.12. The second kappa shape index (κ2) is 7.62. The van der Waals surface area contributed by atoms with Gasteiger partial charge in [-0.1, -0.05) is 42.5 Å². The summed E-state index contributed by atoms with van der Waals surface area (Å²) < 4.78 is 18.9. The Morgan fingerprint density at radius 2 is 2.04 bits per heavy atom. The molecular formula is C18H18FNO2S. The van der Waals surface area contributed by atoms with Crippen LogP contribution in [0.25, 0.3) is 0 Å². The second-order valence-electron chi connectivity index (χ2n) is 5.34. The number of nitrogens with zero attached hydrogens (tertiary/aromatic N) is 1. The van der Waals surface area contributed by atoms with E-state index < -0.39 is 0 Å². The lowest BCUT2D eigenvalue weighted by Crippen LogP contribution is -2.33. The molecule has 3 nitrogen and oxygen atoms in total. The molecule has 2 aromatic carbocycles. The van der Waals surface area contributed by atoms with Crippen LogP contribution in [0.5, 0.6) is 0 Å². The smallest absolute Gasteiger partial charge is 0.249 e. The Morgan fingerprint density at radius 1 is 1.22 bits per heavy atom. The molecule has 0 spiro atoms. The van der Waals surface area contributed by atoms with E-state index in [1.807, 2.05) is 36.4 Å². The Balaban J connectivity index is 1.58. The van der Waals surface area contributed by atoms with Crippen molar-refractivity contribution in [3.63, 3.8) is 0 Å². The van der Waals surface area contributed by atoms with Crippen LogP contribution in [0.3, 0.4) is 0 Å². The predicted molar refractivity (Wildman–Crippen MR) is 89.4 cm³/mol. The van der Waals surface area contributed by atoms with Gasteiger partial charge in [-0.3, -0.25) is 4.79 Å². The summed E-state index contributed by atoms with van der Waals surface area (Å²) in [6, 6.07) is 16.2. The molecule has 1 aliphatic heterocycles. The first-order valence-electron chi connectivity index (χ1n) is 7.52. The number of rotatable bonds is 5. The van der Waals surface area contributed by atoms with Gasteiger partial charge in [0.2, 0.25) is 5.91 Å². The van der Waals surface area contributed by atoms with Gasteiger partial charge < -0.3 is 9.64 Å². The molecule has 0 aromatic heterocycles. The van der Waals surface area contributed by atoms with E-state index in [0.29, 0.717) is 13.2 Å². The highest BCUT2D eigenvalue weighted by molar-refractivity contribution is 7.99. The van der Waals surface area contributed by atoms with Gasteiger partial charge in [-0.05, 0) is 23.3 Å². The summed E-state index contributed by atoms with van der Waals surface area (Å²) >= 11 is 1.65. The van der Waals surface area contributed by atoms with Crippen LogP contribution in [0.2, 0.25) is 0 Å². The normalized spacial score (nSPS) is 17.4. The fraction of sp³-hybridized carbons (Fsp3) is 0.278. The maximum Gasteiger partial charge on any atom is 0.249 e. The molecule has 5 heteroatoms. The van der Waals surface area contributed by atoms with Crippen molar-refractivity contribution in [2.45, 2.75) is 12.0 Å². The summed E-state index contributed by atoms with van der Waals surface area (Å²) in [5.41, 5.74) is 1.86. The molecule has 1 fully saturated rings. The maximum absolute atomic E-state index is 13.4. The highest BCUT2D eigenvalue weighted by atomic mass is 32.2. The fourth-order valence-corrected chi connectivity index (χ4v) is 3.84. The lowest BCUT2D eigenvalue weighted by molar-refractivity contribution is -0.136. The van der Waals surface area contributed by atoms with E-state index in [2.05, 4.69) is 0 Å². The van der Waals surface area contributed by atoms with Crippen molar-refractivity contribution in [3.8, 4) is 0 Å². The van der Waals surface area contributed by atoms with Crippen LogP contribution in [-0.2, 0) is 16.1 Å². The molecule has 1 aliphatic rings. The molecule has 2 aromatic rings. The third-order valence-corrected chi connectivity index (χ3v) is 4.94. The van der Waals surface area contributed by atoms with Gasteiger partial charge in [-0.2, -0.15) is 0 Å². The highest BCUT2D eigenvalue weighted by Gasteiger charge is 2.30. The number of hydrogen-bond donors (Lipinski definition) is 0. The second-order valence-corrected chi connectivity index (χ2v) is 6.53. The van der Waals surface area contributed by atoms with Gasteiger partial charge in [-0.15, -0.1) is 11.8 Å². The van der Waals surface area contributed by atoms with Crippen molar-refractivity contribution in [1.82, 2.24) is 4.90 Å². The summed E-state index contributed by atoms with van der Waals surface area (Å²) in [7, 11) is 0. The van der Waals surface area contributed by atoms with Crippen LogP contribution >= 0.6 is 11.8 Å². The SMILES string of the molecule is O=C(COCc1ccccc1)N1CCS[C@@H]1c1cccc(F)c1.